The topological polar surface area (TPSA) is 164 Å². The molecule has 1 aromatic rings. The largest absolute Gasteiger partial charge is 0.462 e. The van der Waals surface area contributed by atoms with Crippen molar-refractivity contribution >= 4 is 19.5 Å². The predicted molar refractivity (Wildman–Crippen MR) is 149 cm³/mol. The number of hydrogen-bond acceptors (Lipinski definition) is 10. The smallest absolute Gasteiger partial charge is 0.406 e. The number of nitrogen functional groups attached to an aromatic ring is 1. The number of carbonyl (C=O) groups excluding carboxylic acids is 1. The minimum Gasteiger partial charge on any atom is -0.462 e. The van der Waals surface area contributed by atoms with Gasteiger partial charge in [-0.1, -0.05) is 32.1 Å². The van der Waals surface area contributed by atoms with Crippen LogP contribution in [0.25, 0.3) is 0 Å². The Kier molecular flexibility index (Phi) is 10.8. The number of carbonyl (C=O) groups is 1. The molecule has 42 heavy (non-hydrogen) atoms. The maximum atomic E-state index is 14.6. The molecule has 1 aliphatic heterocycles. The van der Waals surface area contributed by atoms with Gasteiger partial charge in [0.25, 0.3) is 6.43 Å². The molecule has 238 valence electrons. The summed E-state index contributed by atoms with van der Waals surface area (Å²) in [5.74, 6) is -0.275. The Balaban J connectivity index is 1.58. The summed E-state index contributed by atoms with van der Waals surface area (Å²) in [6, 6.07) is 0.140. The molecule has 2 aliphatic carbocycles. The number of aromatic nitrogens is 2. The van der Waals surface area contributed by atoms with E-state index in [-0.39, 0.29) is 18.2 Å². The third kappa shape index (κ3) is 7.57. The standard InChI is InChI=1S/C27H43F2N4O8P/c1-16(2)39-24(35)17(3)32-42(37,41-20-11-7-9-18-8-5-4-6-10-19(18)20)38-15-27(25(28)29)21(34)14-23(40-27)33-13-12-22(30)31-26(33)36/h12-13,16-21,23,25,34H,4-11,14-15H2,1-3H3,(H,32,37)(H2,30,31,36)/t17-,18?,19?,20?,21-,23+,27+,42?/m0/s1. The van der Waals surface area contributed by atoms with Gasteiger partial charge in [-0.2, -0.15) is 4.98 Å². The highest BCUT2D eigenvalue weighted by Gasteiger charge is 2.57. The minimum atomic E-state index is -4.46. The number of alkyl halides is 2. The second-order valence-corrected chi connectivity index (χ2v) is 13.6. The van der Waals surface area contributed by atoms with Crippen LogP contribution < -0.4 is 16.5 Å². The number of aliphatic hydroxyl groups excluding tert-OH is 1. The Bertz CT molecular complexity index is 1190. The van der Waals surface area contributed by atoms with E-state index in [1.54, 1.807) is 13.8 Å². The molecule has 8 atom stereocenters. The highest BCUT2D eigenvalue weighted by atomic mass is 31.2. The number of nitrogens with one attached hydrogen (secondary N) is 1. The van der Waals surface area contributed by atoms with Gasteiger partial charge in [0, 0.05) is 12.6 Å². The summed E-state index contributed by atoms with van der Waals surface area (Å²) in [4.78, 5) is 28.5. The summed E-state index contributed by atoms with van der Waals surface area (Å²) in [5, 5.41) is 13.4. The van der Waals surface area contributed by atoms with Gasteiger partial charge in [0.1, 0.15) is 18.1 Å². The van der Waals surface area contributed by atoms with Crippen molar-refractivity contribution < 1.29 is 41.8 Å². The van der Waals surface area contributed by atoms with Gasteiger partial charge in [-0.05, 0) is 57.9 Å². The lowest BCUT2D eigenvalue weighted by Gasteiger charge is -2.39. The highest BCUT2D eigenvalue weighted by molar-refractivity contribution is 7.51. The van der Waals surface area contributed by atoms with Crippen LogP contribution in [0.15, 0.2) is 17.1 Å². The zero-order chi connectivity index (χ0) is 30.7. The molecule has 1 aromatic heterocycles. The summed E-state index contributed by atoms with van der Waals surface area (Å²) in [6.07, 6.45) is 1.15. The summed E-state index contributed by atoms with van der Waals surface area (Å²) < 4.78 is 67.1. The van der Waals surface area contributed by atoms with E-state index in [2.05, 4.69) is 10.1 Å². The fraction of sp³-hybridized carbons (Fsp3) is 0.815. The molecule has 4 N–H and O–H groups in total. The first kappa shape index (κ1) is 32.9. The van der Waals surface area contributed by atoms with Crippen LogP contribution in [-0.4, -0.2) is 63.6 Å². The third-order valence-electron chi connectivity index (χ3n) is 8.43. The summed E-state index contributed by atoms with van der Waals surface area (Å²) in [7, 11) is -4.46. The molecule has 1 saturated heterocycles. The fourth-order valence-electron chi connectivity index (χ4n) is 6.25. The molecule has 3 fully saturated rings. The van der Waals surface area contributed by atoms with Gasteiger partial charge in [-0.3, -0.25) is 18.4 Å². The fourth-order valence-corrected chi connectivity index (χ4v) is 8.02. The number of esters is 1. The highest BCUT2D eigenvalue weighted by Crippen LogP contribution is 2.53. The first-order chi connectivity index (χ1) is 19.8. The predicted octanol–water partition coefficient (Wildman–Crippen LogP) is 3.93. The molecule has 2 saturated carbocycles. The lowest BCUT2D eigenvalue weighted by atomic mass is 9.75. The average Bonchev–Trinajstić information content (AvgIpc) is 3.07. The van der Waals surface area contributed by atoms with E-state index < -0.39 is 68.6 Å². The van der Waals surface area contributed by atoms with E-state index >= 15 is 0 Å². The van der Waals surface area contributed by atoms with Crippen molar-refractivity contribution in [3.8, 4) is 0 Å². The third-order valence-corrected chi connectivity index (χ3v) is 10.1. The van der Waals surface area contributed by atoms with Gasteiger partial charge < -0.3 is 20.3 Å². The van der Waals surface area contributed by atoms with Crippen LogP contribution >= 0.6 is 7.75 Å². The van der Waals surface area contributed by atoms with E-state index in [1.807, 2.05) is 0 Å². The Morgan fingerprint density at radius 1 is 1.24 bits per heavy atom. The van der Waals surface area contributed by atoms with Gasteiger partial charge >= 0.3 is 19.4 Å². The lowest BCUT2D eigenvalue weighted by Crippen LogP contribution is -2.51. The number of nitrogens with two attached hydrogens (primary N) is 1. The van der Waals surface area contributed by atoms with E-state index in [1.165, 1.54) is 19.2 Å². The van der Waals surface area contributed by atoms with Crippen molar-refractivity contribution in [2.24, 2.45) is 11.8 Å². The first-order valence-electron chi connectivity index (χ1n) is 14.7. The zero-order valence-electron chi connectivity index (χ0n) is 24.3. The number of anilines is 1. The molecule has 0 amide bonds. The number of halogens is 2. The summed E-state index contributed by atoms with van der Waals surface area (Å²) in [6.45, 7) is 3.69. The van der Waals surface area contributed by atoms with Crippen molar-refractivity contribution in [2.75, 3.05) is 12.3 Å². The Morgan fingerprint density at radius 3 is 2.64 bits per heavy atom. The van der Waals surface area contributed by atoms with Gasteiger partial charge in [0.2, 0.25) is 0 Å². The molecule has 0 radical (unpaired) electrons. The van der Waals surface area contributed by atoms with Crippen LogP contribution in [-0.2, 0) is 27.9 Å². The summed E-state index contributed by atoms with van der Waals surface area (Å²) in [5.41, 5.74) is 2.03. The normalized spacial score (nSPS) is 32.2. The maximum absolute atomic E-state index is 14.6. The van der Waals surface area contributed by atoms with Gasteiger partial charge in [0.15, 0.2) is 5.60 Å². The maximum Gasteiger partial charge on any atom is 0.406 e. The molecule has 4 rings (SSSR count). The Labute approximate surface area is 244 Å². The molecular weight excluding hydrogens is 577 g/mol. The van der Waals surface area contributed by atoms with Gasteiger partial charge in [-0.15, -0.1) is 0 Å². The number of rotatable bonds is 11. The number of ether oxygens (including phenoxy) is 2. The van der Waals surface area contributed by atoms with E-state index in [4.69, 9.17) is 24.3 Å². The molecule has 0 aromatic carbocycles. The SMILES string of the molecule is CC(C)OC(=O)[C@H](C)NP(=O)(OC[C@@]1(C(F)F)O[C@@H](n2ccc(N)nc2=O)C[C@@H]1O)OC1CCCC2CCCCCC21. The number of hydrogen-bond donors (Lipinski definition) is 3. The van der Waals surface area contributed by atoms with Crippen LogP contribution in [0.1, 0.15) is 84.8 Å². The monoisotopic (exact) mass is 620 g/mol. The number of aliphatic hydroxyl groups is 1. The molecule has 3 aliphatic rings. The zero-order valence-corrected chi connectivity index (χ0v) is 25.2. The molecule has 2 heterocycles. The first-order valence-corrected chi connectivity index (χ1v) is 16.3. The van der Waals surface area contributed by atoms with Crippen molar-refractivity contribution in [1.82, 2.24) is 14.6 Å². The van der Waals surface area contributed by atoms with E-state index in [0.29, 0.717) is 12.3 Å². The van der Waals surface area contributed by atoms with Crippen LogP contribution in [0, 0.1) is 11.8 Å². The van der Waals surface area contributed by atoms with Crippen LogP contribution in [0.4, 0.5) is 14.6 Å². The Hall–Kier alpha value is -1.96. The van der Waals surface area contributed by atoms with Crippen LogP contribution in [0.5, 0.6) is 0 Å². The average molecular weight is 621 g/mol. The Morgan fingerprint density at radius 2 is 1.95 bits per heavy atom. The molecule has 0 bridgehead atoms. The van der Waals surface area contributed by atoms with Crippen LogP contribution in [0.2, 0.25) is 0 Å². The molecule has 4 unspecified atom stereocenters. The minimum absolute atomic E-state index is 0.0638. The second kappa shape index (κ2) is 13.8. The summed E-state index contributed by atoms with van der Waals surface area (Å²) >= 11 is 0. The van der Waals surface area contributed by atoms with Gasteiger partial charge in [-0.25, -0.2) is 23.2 Å². The van der Waals surface area contributed by atoms with Crippen molar-refractivity contribution in [3.05, 3.63) is 22.7 Å². The second-order valence-electron chi connectivity index (χ2n) is 11.9. The molecular formula is C27H43F2N4O8P. The quantitative estimate of drug-likeness (QED) is 0.243. The molecule has 12 nitrogen and oxygen atoms in total. The molecule has 15 heteroatoms. The van der Waals surface area contributed by atoms with Crippen molar-refractivity contribution in [3.63, 3.8) is 0 Å². The van der Waals surface area contributed by atoms with E-state index in [0.717, 1.165) is 49.5 Å². The number of fused-ring (bicyclic) bond motifs is 1. The molecule has 0 spiro atoms. The van der Waals surface area contributed by atoms with E-state index in [9.17, 15) is 28.0 Å². The van der Waals surface area contributed by atoms with Gasteiger partial charge in [0.05, 0.1) is 24.9 Å². The van der Waals surface area contributed by atoms with Crippen LogP contribution in [0.3, 0.4) is 0 Å². The number of nitrogens with zero attached hydrogens (tertiary/aromatic N) is 2. The lowest BCUT2D eigenvalue weighted by molar-refractivity contribution is -0.193. The van der Waals surface area contributed by atoms with Crippen molar-refractivity contribution in [2.45, 2.75) is 121 Å². The van der Waals surface area contributed by atoms with Crippen molar-refractivity contribution in [1.29, 1.82) is 0 Å².